The molecule has 1 N–H and O–H groups in total. The van der Waals surface area contributed by atoms with Crippen molar-refractivity contribution in [3.05, 3.63) is 35.8 Å². The number of rotatable bonds is 3. The number of ether oxygens (including phenoxy) is 1. The van der Waals surface area contributed by atoms with Crippen molar-refractivity contribution in [1.29, 1.82) is 0 Å². The highest BCUT2D eigenvalue weighted by Crippen LogP contribution is 2.32. The van der Waals surface area contributed by atoms with Gasteiger partial charge in [0.1, 0.15) is 17.3 Å². The predicted octanol–water partition coefficient (Wildman–Crippen LogP) is 1.98. The Morgan fingerprint density at radius 2 is 2.31 bits per heavy atom. The number of halogens is 1. The highest BCUT2D eigenvalue weighted by Gasteiger charge is 2.16. The topological polar surface area (TPSA) is 55.5 Å². The number of hydrogen-bond donors (Lipinski definition) is 1. The van der Waals surface area contributed by atoms with Crippen LogP contribution in [0.1, 0.15) is 5.69 Å². The molecule has 2 rings (SSSR count). The lowest BCUT2D eigenvalue weighted by atomic mass is 10.1. The third-order valence-electron chi connectivity index (χ3n) is 2.16. The summed E-state index contributed by atoms with van der Waals surface area (Å²) in [5, 5.41) is 12.4. The van der Waals surface area contributed by atoms with Gasteiger partial charge in [-0.1, -0.05) is 11.2 Å². The van der Waals surface area contributed by atoms with E-state index in [4.69, 9.17) is 14.4 Å². The number of methoxy groups -OCH3 is 1. The van der Waals surface area contributed by atoms with Crippen LogP contribution in [0.4, 0.5) is 4.39 Å². The van der Waals surface area contributed by atoms with Gasteiger partial charge in [-0.15, -0.1) is 0 Å². The average Bonchev–Trinajstić information content (AvgIpc) is 2.76. The van der Waals surface area contributed by atoms with Gasteiger partial charge in [0.05, 0.1) is 19.3 Å². The number of aromatic nitrogens is 1. The molecular formula is C11H10FNO3. The summed E-state index contributed by atoms with van der Waals surface area (Å²) in [6.07, 6.45) is 0. The Morgan fingerprint density at radius 1 is 1.50 bits per heavy atom. The second kappa shape index (κ2) is 4.32. The zero-order valence-electron chi connectivity index (χ0n) is 8.61. The third kappa shape index (κ3) is 1.77. The minimum absolute atomic E-state index is 0.206. The minimum Gasteiger partial charge on any atom is -0.496 e. The SMILES string of the molecule is COc1cccc(F)c1-c1cc(CO)no1. The van der Waals surface area contributed by atoms with E-state index in [9.17, 15) is 4.39 Å². The van der Waals surface area contributed by atoms with Crippen molar-refractivity contribution in [2.45, 2.75) is 6.61 Å². The summed E-state index contributed by atoms with van der Waals surface area (Å²) in [7, 11) is 1.45. The highest BCUT2D eigenvalue weighted by molar-refractivity contribution is 5.66. The molecule has 16 heavy (non-hydrogen) atoms. The number of benzene rings is 1. The summed E-state index contributed by atoms with van der Waals surface area (Å²) < 4.78 is 23.6. The monoisotopic (exact) mass is 223 g/mol. The molecule has 0 spiro atoms. The second-order valence-electron chi connectivity index (χ2n) is 3.16. The molecule has 0 bridgehead atoms. The van der Waals surface area contributed by atoms with Gasteiger partial charge in [-0.2, -0.15) is 0 Å². The van der Waals surface area contributed by atoms with Crippen LogP contribution in [0.15, 0.2) is 28.8 Å². The second-order valence-corrected chi connectivity index (χ2v) is 3.16. The quantitative estimate of drug-likeness (QED) is 0.864. The first-order valence-electron chi connectivity index (χ1n) is 4.65. The smallest absolute Gasteiger partial charge is 0.173 e. The molecule has 1 aromatic heterocycles. The average molecular weight is 223 g/mol. The fourth-order valence-electron chi connectivity index (χ4n) is 1.42. The van der Waals surface area contributed by atoms with Crippen LogP contribution in [0, 0.1) is 5.82 Å². The van der Waals surface area contributed by atoms with Gasteiger partial charge < -0.3 is 14.4 Å². The Morgan fingerprint density at radius 3 is 2.94 bits per heavy atom. The zero-order chi connectivity index (χ0) is 11.5. The van der Waals surface area contributed by atoms with Gasteiger partial charge in [-0.05, 0) is 12.1 Å². The van der Waals surface area contributed by atoms with Gasteiger partial charge in [-0.25, -0.2) is 4.39 Å². The summed E-state index contributed by atoms with van der Waals surface area (Å²) in [4.78, 5) is 0. The van der Waals surface area contributed by atoms with Crippen LogP contribution in [-0.2, 0) is 6.61 Å². The summed E-state index contributed by atoms with van der Waals surface area (Å²) in [5.74, 6) is 0.139. The first-order chi connectivity index (χ1) is 7.76. The molecule has 0 unspecified atom stereocenters. The minimum atomic E-state index is -0.458. The number of hydrogen-bond acceptors (Lipinski definition) is 4. The van der Waals surface area contributed by atoms with E-state index in [0.29, 0.717) is 11.4 Å². The van der Waals surface area contributed by atoms with Crippen LogP contribution in [0.2, 0.25) is 0 Å². The van der Waals surface area contributed by atoms with E-state index in [2.05, 4.69) is 5.16 Å². The molecule has 0 aliphatic carbocycles. The maximum absolute atomic E-state index is 13.6. The Hall–Kier alpha value is -1.88. The van der Waals surface area contributed by atoms with E-state index in [0.717, 1.165) is 0 Å². The lowest BCUT2D eigenvalue weighted by Gasteiger charge is -2.05. The van der Waals surface area contributed by atoms with E-state index in [1.807, 2.05) is 0 Å². The molecule has 0 amide bonds. The molecule has 0 radical (unpaired) electrons. The molecule has 0 saturated carbocycles. The Bertz CT molecular complexity index is 496. The van der Waals surface area contributed by atoms with Crippen molar-refractivity contribution >= 4 is 0 Å². The van der Waals surface area contributed by atoms with Crippen LogP contribution in [-0.4, -0.2) is 17.4 Å². The number of aliphatic hydroxyl groups excluding tert-OH is 1. The maximum Gasteiger partial charge on any atom is 0.173 e. The van der Waals surface area contributed by atoms with Gasteiger partial charge in [0.15, 0.2) is 5.76 Å². The lowest BCUT2D eigenvalue weighted by molar-refractivity contribution is 0.267. The standard InChI is InChI=1S/C11H10FNO3/c1-15-9-4-2-3-8(12)11(9)10-5-7(6-14)13-16-10/h2-5,14H,6H2,1H3. The van der Waals surface area contributed by atoms with Crippen molar-refractivity contribution < 1.29 is 18.8 Å². The van der Waals surface area contributed by atoms with Crippen molar-refractivity contribution in [2.75, 3.05) is 7.11 Å². The number of aliphatic hydroxyl groups is 1. The van der Waals surface area contributed by atoms with E-state index in [-0.39, 0.29) is 17.9 Å². The molecular weight excluding hydrogens is 213 g/mol. The van der Waals surface area contributed by atoms with Crippen molar-refractivity contribution in [1.82, 2.24) is 5.16 Å². The zero-order valence-corrected chi connectivity index (χ0v) is 8.61. The van der Waals surface area contributed by atoms with E-state index < -0.39 is 5.82 Å². The molecule has 0 atom stereocenters. The maximum atomic E-state index is 13.6. The van der Waals surface area contributed by atoms with Crippen molar-refractivity contribution in [3.63, 3.8) is 0 Å². The molecule has 0 aliphatic heterocycles. The van der Waals surface area contributed by atoms with Gasteiger partial charge >= 0.3 is 0 Å². The molecule has 4 nitrogen and oxygen atoms in total. The van der Waals surface area contributed by atoms with Crippen molar-refractivity contribution in [2.24, 2.45) is 0 Å². The molecule has 0 fully saturated rings. The lowest BCUT2D eigenvalue weighted by Crippen LogP contribution is -1.90. The number of nitrogens with zero attached hydrogens (tertiary/aromatic N) is 1. The first kappa shape index (κ1) is 10.6. The predicted molar refractivity (Wildman–Crippen MR) is 54.4 cm³/mol. The molecule has 2 aromatic rings. The van der Waals surface area contributed by atoms with Crippen molar-refractivity contribution in [3.8, 4) is 17.1 Å². The Kier molecular flexibility index (Phi) is 2.87. The fraction of sp³-hybridized carbons (Fsp3) is 0.182. The van der Waals surface area contributed by atoms with Crippen LogP contribution >= 0.6 is 0 Å². The van der Waals surface area contributed by atoms with Gasteiger partial charge in [0.25, 0.3) is 0 Å². The summed E-state index contributed by atoms with van der Waals surface area (Å²) >= 11 is 0. The van der Waals surface area contributed by atoms with Crippen LogP contribution < -0.4 is 4.74 Å². The fourth-order valence-corrected chi connectivity index (χ4v) is 1.42. The molecule has 1 aromatic carbocycles. The molecule has 84 valence electrons. The Balaban J connectivity index is 2.53. The van der Waals surface area contributed by atoms with Crippen LogP contribution in [0.25, 0.3) is 11.3 Å². The van der Waals surface area contributed by atoms with E-state index in [1.54, 1.807) is 12.1 Å². The first-order valence-corrected chi connectivity index (χ1v) is 4.65. The van der Waals surface area contributed by atoms with Crippen LogP contribution in [0.3, 0.4) is 0 Å². The largest absolute Gasteiger partial charge is 0.496 e. The Labute approximate surface area is 91.3 Å². The molecule has 0 aliphatic rings. The third-order valence-corrected chi connectivity index (χ3v) is 2.16. The summed E-state index contributed by atoms with van der Waals surface area (Å²) in [6.45, 7) is -0.250. The molecule has 1 heterocycles. The highest BCUT2D eigenvalue weighted by atomic mass is 19.1. The normalized spacial score (nSPS) is 10.4. The van der Waals surface area contributed by atoms with Gasteiger partial charge in [-0.3, -0.25) is 0 Å². The van der Waals surface area contributed by atoms with E-state index in [1.165, 1.54) is 19.2 Å². The summed E-state index contributed by atoms with van der Waals surface area (Å²) in [5.41, 5.74) is 0.553. The van der Waals surface area contributed by atoms with Crippen LogP contribution in [0.5, 0.6) is 5.75 Å². The van der Waals surface area contributed by atoms with Gasteiger partial charge in [0, 0.05) is 6.07 Å². The van der Waals surface area contributed by atoms with E-state index >= 15 is 0 Å². The molecule has 0 saturated heterocycles. The molecule has 5 heteroatoms. The summed E-state index contributed by atoms with van der Waals surface area (Å²) in [6, 6.07) is 5.94. The van der Waals surface area contributed by atoms with Gasteiger partial charge in [0.2, 0.25) is 0 Å².